The molecule has 1 atom stereocenters. The number of hydrogen-bond acceptors (Lipinski definition) is 7. The van der Waals surface area contributed by atoms with Crippen molar-refractivity contribution in [1.29, 1.82) is 0 Å². The Hall–Kier alpha value is -3.03. The van der Waals surface area contributed by atoms with E-state index >= 15 is 0 Å². The Balaban J connectivity index is 1.31. The van der Waals surface area contributed by atoms with Gasteiger partial charge in [0.05, 0.1) is 6.04 Å². The minimum atomic E-state index is 0.0236. The largest absolute Gasteiger partial charge is 0.361 e. The maximum Gasteiger partial charge on any atom is 0.226 e. The summed E-state index contributed by atoms with van der Waals surface area (Å²) in [5.74, 6) is 1.95. The van der Waals surface area contributed by atoms with Gasteiger partial charge in [-0.15, -0.1) is 0 Å². The van der Waals surface area contributed by atoms with Crippen molar-refractivity contribution in [2.45, 2.75) is 45.1 Å². The van der Waals surface area contributed by atoms with Crippen LogP contribution in [0.2, 0.25) is 0 Å². The lowest BCUT2D eigenvalue weighted by Crippen LogP contribution is -2.30. The summed E-state index contributed by atoms with van der Waals surface area (Å²) in [6, 6.07) is 5.64. The van der Waals surface area contributed by atoms with Crippen LogP contribution in [0.3, 0.4) is 0 Å². The van der Waals surface area contributed by atoms with E-state index < -0.39 is 0 Å². The molecule has 3 aromatic heterocycles. The topological polar surface area (TPSA) is 98.2 Å². The van der Waals surface area contributed by atoms with Crippen molar-refractivity contribution < 1.29 is 13.8 Å². The third-order valence-electron chi connectivity index (χ3n) is 4.73. The van der Waals surface area contributed by atoms with Crippen molar-refractivity contribution >= 4 is 5.91 Å². The van der Waals surface area contributed by atoms with Crippen LogP contribution in [0.4, 0.5) is 0 Å². The monoisotopic (exact) mass is 367 g/mol. The Morgan fingerprint density at radius 3 is 3.04 bits per heavy atom. The summed E-state index contributed by atoms with van der Waals surface area (Å²) in [5, 5.41) is 8.06. The molecule has 0 radical (unpaired) electrons. The van der Waals surface area contributed by atoms with Gasteiger partial charge in [0.1, 0.15) is 11.5 Å². The Bertz CT molecular complexity index is 905. The number of carbonyl (C=O) groups excluding carboxylic acids is 1. The van der Waals surface area contributed by atoms with E-state index in [0.29, 0.717) is 31.0 Å². The van der Waals surface area contributed by atoms with E-state index in [-0.39, 0.29) is 11.9 Å². The second-order valence-corrected chi connectivity index (χ2v) is 6.71. The molecule has 8 heteroatoms. The van der Waals surface area contributed by atoms with Crippen molar-refractivity contribution in [3.05, 3.63) is 47.9 Å². The molecule has 4 heterocycles. The molecule has 4 rings (SSSR count). The van der Waals surface area contributed by atoms with Crippen LogP contribution in [0.25, 0.3) is 11.4 Å². The molecule has 1 aliphatic rings. The fourth-order valence-electron chi connectivity index (χ4n) is 3.42. The second-order valence-electron chi connectivity index (χ2n) is 6.71. The number of aryl methyl sites for hydroxylation is 2. The van der Waals surface area contributed by atoms with E-state index in [9.17, 15) is 4.79 Å². The van der Waals surface area contributed by atoms with Crippen molar-refractivity contribution in [2.24, 2.45) is 0 Å². The molecule has 0 aliphatic carbocycles. The lowest BCUT2D eigenvalue weighted by Gasteiger charge is -2.22. The van der Waals surface area contributed by atoms with Crippen LogP contribution in [0.15, 0.2) is 39.6 Å². The average molecular weight is 367 g/mol. The first-order chi connectivity index (χ1) is 13.2. The lowest BCUT2D eigenvalue weighted by molar-refractivity contribution is -0.132. The number of carbonyl (C=O) groups is 1. The summed E-state index contributed by atoms with van der Waals surface area (Å²) in [6.07, 6.45) is 6.97. The van der Waals surface area contributed by atoms with E-state index in [1.54, 1.807) is 12.4 Å². The number of aromatic nitrogens is 4. The van der Waals surface area contributed by atoms with Gasteiger partial charge in [0.15, 0.2) is 0 Å². The van der Waals surface area contributed by atoms with Crippen LogP contribution in [0.1, 0.15) is 49.1 Å². The summed E-state index contributed by atoms with van der Waals surface area (Å²) in [5.41, 5.74) is 1.66. The van der Waals surface area contributed by atoms with E-state index in [2.05, 4.69) is 20.3 Å². The van der Waals surface area contributed by atoms with Gasteiger partial charge in [-0.05, 0) is 38.3 Å². The molecule has 1 fully saturated rings. The zero-order valence-corrected chi connectivity index (χ0v) is 15.2. The molecule has 0 saturated carbocycles. The number of amides is 1. The molecule has 3 aromatic rings. The molecule has 1 aliphatic heterocycles. The fourth-order valence-corrected chi connectivity index (χ4v) is 3.42. The molecule has 1 unspecified atom stereocenters. The first-order valence-corrected chi connectivity index (χ1v) is 9.16. The molecule has 1 amide bonds. The first-order valence-electron chi connectivity index (χ1n) is 9.16. The highest BCUT2D eigenvalue weighted by molar-refractivity contribution is 5.77. The normalized spacial score (nSPS) is 16.8. The van der Waals surface area contributed by atoms with Crippen molar-refractivity contribution in [1.82, 2.24) is 25.2 Å². The van der Waals surface area contributed by atoms with Crippen molar-refractivity contribution in [2.75, 3.05) is 6.54 Å². The highest BCUT2D eigenvalue weighted by Crippen LogP contribution is 2.32. The van der Waals surface area contributed by atoms with Crippen LogP contribution >= 0.6 is 0 Å². The first kappa shape index (κ1) is 17.4. The molecule has 0 N–H and O–H groups in total. The predicted octanol–water partition coefficient (Wildman–Crippen LogP) is 3.11. The molecule has 140 valence electrons. The van der Waals surface area contributed by atoms with E-state index in [1.807, 2.05) is 30.0 Å². The highest BCUT2D eigenvalue weighted by atomic mass is 16.5. The van der Waals surface area contributed by atoms with Gasteiger partial charge in [0.2, 0.25) is 17.6 Å². The average Bonchev–Trinajstić information content (AvgIpc) is 3.42. The molecule has 8 nitrogen and oxygen atoms in total. The third kappa shape index (κ3) is 3.89. The number of rotatable bonds is 6. The molecular formula is C19H21N5O3. The van der Waals surface area contributed by atoms with Gasteiger partial charge in [-0.3, -0.25) is 9.78 Å². The van der Waals surface area contributed by atoms with E-state index in [1.165, 1.54) is 0 Å². The SMILES string of the molecule is Cc1cc(C2CCCN2C(=O)CCCc2nc(-c3cccnc3)no2)no1. The zero-order valence-electron chi connectivity index (χ0n) is 15.2. The Labute approximate surface area is 156 Å². The van der Waals surface area contributed by atoms with Gasteiger partial charge >= 0.3 is 0 Å². The van der Waals surface area contributed by atoms with E-state index in [0.717, 1.165) is 36.4 Å². The summed E-state index contributed by atoms with van der Waals surface area (Å²) < 4.78 is 10.4. The van der Waals surface area contributed by atoms with Crippen LogP contribution in [0, 0.1) is 6.92 Å². The van der Waals surface area contributed by atoms with Crippen LogP contribution in [0.5, 0.6) is 0 Å². The maximum absolute atomic E-state index is 12.6. The fraction of sp³-hybridized carbons (Fsp3) is 0.421. The molecule has 0 bridgehead atoms. The van der Waals surface area contributed by atoms with Crippen LogP contribution in [-0.4, -0.2) is 37.6 Å². The summed E-state index contributed by atoms with van der Waals surface area (Å²) >= 11 is 0. The van der Waals surface area contributed by atoms with Crippen LogP contribution in [-0.2, 0) is 11.2 Å². The highest BCUT2D eigenvalue weighted by Gasteiger charge is 2.31. The number of pyridine rings is 1. The van der Waals surface area contributed by atoms with Gasteiger partial charge in [-0.25, -0.2) is 0 Å². The summed E-state index contributed by atoms with van der Waals surface area (Å²) in [6.45, 7) is 2.63. The number of likely N-dealkylation sites (tertiary alicyclic amines) is 1. The second kappa shape index (κ2) is 7.69. The molecule has 0 aromatic carbocycles. The number of hydrogen-bond donors (Lipinski definition) is 0. The minimum Gasteiger partial charge on any atom is -0.361 e. The molecule has 1 saturated heterocycles. The minimum absolute atomic E-state index is 0.0236. The predicted molar refractivity (Wildman–Crippen MR) is 95.4 cm³/mol. The maximum atomic E-state index is 12.6. The van der Waals surface area contributed by atoms with Crippen molar-refractivity contribution in [3.8, 4) is 11.4 Å². The van der Waals surface area contributed by atoms with Crippen LogP contribution < -0.4 is 0 Å². The molecule has 0 spiro atoms. The zero-order chi connectivity index (χ0) is 18.6. The quantitative estimate of drug-likeness (QED) is 0.660. The summed E-state index contributed by atoms with van der Waals surface area (Å²) in [7, 11) is 0. The Morgan fingerprint density at radius 2 is 2.26 bits per heavy atom. The smallest absolute Gasteiger partial charge is 0.226 e. The van der Waals surface area contributed by atoms with Gasteiger partial charge in [-0.1, -0.05) is 10.3 Å². The lowest BCUT2D eigenvalue weighted by atomic mass is 10.1. The standard InChI is InChI=1S/C19H21N5O3/c1-13-11-15(22-26-13)16-6-4-10-24(16)18(25)8-2-7-17-21-19(23-27-17)14-5-3-9-20-12-14/h3,5,9,11-12,16H,2,4,6-8,10H2,1H3. The third-order valence-corrected chi connectivity index (χ3v) is 4.73. The molecular weight excluding hydrogens is 346 g/mol. The number of nitrogens with zero attached hydrogens (tertiary/aromatic N) is 5. The Morgan fingerprint density at radius 1 is 1.33 bits per heavy atom. The van der Waals surface area contributed by atoms with Gasteiger partial charge in [0.25, 0.3) is 0 Å². The van der Waals surface area contributed by atoms with Gasteiger partial charge in [0, 0.05) is 43.4 Å². The van der Waals surface area contributed by atoms with Crippen molar-refractivity contribution in [3.63, 3.8) is 0 Å². The molecule has 27 heavy (non-hydrogen) atoms. The van der Waals surface area contributed by atoms with Gasteiger partial charge < -0.3 is 13.9 Å². The summed E-state index contributed by atoms with van der Waals surface area (Å²) in [4.78, 5) is 23.0. The Kier molecular flexibility index (Phi) is 4.95. The van der Waals surface area contributed by atoms with Gasteiger partial charge in [-0.2, -0.15) is 4.98 Å². The van der Waals surface area contributed by atoms with E-state index in [4.69, 9.17) is 9.05 Å².